The van der Waals surface area contributed by atoms with E-state index >= 15 is 0 Å². The van der Waals surface area contributed by atoms with Crippen molar-refractivity contribution in [2.45, 2.75) is 19.8 Å². The summed E-state index contributed by atoms with van der Waals surface area (Å²) in [6.45, 7) is 5.23. The van der Waals surface area contributed by atoms with Crippen LogP contribution in [-0.2, 0) is 6.54 Å². The van der Waals surface area contributed by atoms with Crippen LogP contribution in [0.3, 0.4) is 0 Å². The van der Waals surface area contributed by atoms with Gasteiger partial charge in [-0.3, -0.25) is 14.7 Å². The average molecular weight is 609 g/mol. The fraction of sp³-hybridized carbons (Fsp3) is 0.290. The van der Waals surface area contributed by atoms with Crippen LogP contribution in [0.25, 0.3) is 11.1 Å². The number of benzene rings is 2. The number of anilines is 2. The molecule has 0 atom stereocenters. The normalized spacial score (nSPS) is 13.8. The molecule has 13 heteroatoms. The van der Waals surface area contributed by atoms with E-state index in [1.165, 1.54) is 12.1 Å². The molecule has 1 fully saturated rings. The molecule has 1 aliphatic rings. The fourth-order valence-corrected chi connectivity index (χ4v) is 4.81. The predicted molar refractivity (Wildman–Crippen MR) is 158 cm³/mol. The second kappa shape index (κ2) is 13.6. The van der Waals surface area contributed by atoms with Crippen LogP contribution in [0.1, 0.15) is 23.0 Å². The standard InChI is InChI=1S/C31H31F3N6O4/c1-3-43-27-17-23(18-35-19-27)22-14-21(15-26(16-22)44-31(32,33)34)20-39-10-12-40(13-11-39)29-9-8-28(37-38-29)30(41)36-24-4-6-25(42-2)7-5-24/h4-9,14-19H,3,10-13,20H2,1-2H3,(H,36,41). The number of methoxy groups -OCH3 is 1. The van der Waals surface area contributed by atoms with Gasteiger partial charge in [-0.1, -0.05) is 0 Å². The van der Waals surface area contributed by atoms with Gasteiger partial charge in [-0.2, -0.15) is 0 Å². The Balaban J connectivity index is 1.22. The van der Waals surface area contributed by atoms with Crippen molar-refractivity contribution < 1.29 is 32.2 Å². The molecule has 1 aliphatic heterocycles. The topological polar surface area (TPSA) is 102 Å². The number of piperazine rings is 1. The van der Waals surface area contributed by atoms with E-state index in [2.05, 4.69) is 30.1 Å². The zero-order chi connectivity index (χ0) is 31.1. The molecule has 0 unspecified atom stereocenters. The number of pyridine rings is 1. The van der Waals surface area contributed by atoms with Crippen molar-refractivity contribution >= 4 is 17.4 Å². The maximum atomic E-state index is 13.1. The molecule has 44 heavy (non-hydrogen) atoms. The third-order valence-corrected chi connectivity index (χ3v) is 6.89. The number of amides is 1. The summed E-state index contributed by atoms with van der Waals surface area (Å²) in [5.74, 6) is 1.17. The molecule has 5 rings (SSSR count). The summed E-state index contributed by atoms with van der Waals surface area (Å²) in [5.41, 5.74) is 2.62. The molecule has 1 saturated heterocycles. The van der Waals surface area contributed by atoms with Gasteiger partial charge in [0.25, 0.3) is 5.91 Å². The Morgan fingerprint density at radius 1 is 0.886 bits per heavy atom. The van der Waals surface area contributed by atoms with E-state index < -0.39 is 6.36 Å². The summed E-state index contributed by atoms with van der Waals surface area (Å²) in [7, 11) is 1.57. The quantitative estimate of drug-likeness (QED) is 0.253. The smallest absolute Gasteiger partial charge is 0.497 e. The molecule has 1 amide bonds. The van der Waals surface area contributed by atoms with Gasteiger partial charge < -0.3 is 24.4 Å². The van der Waals surface area contributed by atoms with Crippen LogP contribution in [0, 0.1) is 0 Å². The second-order valence-electron chi connectivity index (χ2n) is 9.98. The van der Waals surface area contributed by atoms with E-state index in [0.29, 0.717) is 79.0 Å². The first-order valence-electron chi connectivity index (χ1n) is 13.9. The number of halogens is 3. The summed E-state index contributed by atoms with van der Waals surface area (Å²) in [6.07, 6.45) is -1.69. The van der Waals surface area contributed by atoms with Gasteiger partial charge in [-0.05, 0) is 78.7 Å². The van der Waals surface area contributed by atoms with Crippen LogP contribution in [0.2, 0.25) is 0 Å². The Morgan fingerprint density at radius 3 is 2.30 bits per heavy atom. The SMILES string of the molecule is CCOc1cncc(-c2cc(CN3CCN(c4ccc(C(=O)Nc5ccc(OC)cc5)nn4)CC3)cc(OC(F)(F)F)c2)c1. The van der Waals surface area contributed by atoms with Crippen molar-refractivity contribution in [3.63, 3.8) is 0 Å². The van der Waals surface area contributed by atoms with Crippen LogP contribution >= 0.6 is 0 Å². The van der Waals surface area contributed by atoms with Crippen molar-refractivity contribution in [3.8, 4) is 28.4 Å². The molecule has 3 heterocycles. The van der Waals surface area contributed by atoms with Crippen LogP contribution < -0.4 is 24.4 Å². The van der Waals surface area contributed by atoms with Crippen LogP contribution in [0.4, 0.5) is 24.7 Å². The minimum atomic E-state index is -4.82. The Morgan fingerprint density at radius 2 is 1.64 bits per heavy atom. The molecule has 0 saturated carbocycles. The first-order valence-corrected chi connectivity index (χ1v) is 13.9. The van der Waals surface area contributed by atoms with Crippen molar-refractivity contribution in [2.75, 3.05) is 50.1 Å². The zero-order valence-electron chi connectivity index (χ0n) is 24.2. The molecule has 0 radical (unpaired) electrons. The highest BCUT2D eigenvalue weighted by Crippen LogP contribution is 2.32. The first kappa shape index (κ1) is 30.5. The summed E-state index contributed by atoms with van der Waals surface area (Å²) < 4.78 is 54.3. The Bertz CT molecular complexity index is 1560. The molecule has 230 valence electrons. The molecular weight excluding hydrogens is 577 g/mol. The van der Waals surface area contributed by atoms with E-state index in [0.717, 1.165) is 0 Å². The first-order chi connectivity index (χ1) is 21.2. The molecule has 0 spiro atoms. The lowest BCUT2D eigenvalue weighted by molar-refractivity contribution is -0.274. The van der Waals surface area contributed by atoms with Gasteiger partial charge in [-0.25, -0.2) is 0 Å². The van der Waals surface area contributed by atoms with Crippen molar-refractivity contribution in [1.82, 2.24) is 20.1 Å². The van der Waals surface area contributed by atoms with Crippen LogP contribution in [0.5, 0.6) is 17.2 Å². The minimum Gasteiger partial charge on any atom is -0.497 e. The van der Waals surface area contributed by atoms with Gasteiger partial charge in [0.15, 0.2) is 11.5 Å². The van der Waals surface area contributed by atoms with Crippen molar-refractivity contribution in [3.05, 3.63) is 84.3 Å². The number of rotatable bonds is 10. The van der Waals surface area contributed by atoms with Gasteiger partial charge >= 0.3 is 6.36 Å². The number of hydrogen-bond acceptors (Lipinski definition) is 9. The summed E-state index contributed by atoms with van der Waals surface area (Å²) in [6, 6.07) is 16.7. The summed E-state index contributed by atoms with van der Waals surface area (Å²) in [4.78, 5) is 20.9. The molecule has 2 aromatic carbocycles. The van der Waals surface area contributed by atoms with Crippen molar-refractivity contribution in [1.29, 1.82) is 0 Å². The number of nitrogens with zero attached hydrogens (tertiary/aromatic N) is 5. The molecule has 10 nitrogen and oxygen atoms in total. The summed E-state index contributed by atoms with van der Waals surface area (Å²) >= 11 is 0. The highest BCUT2D eigenvalue weighted by atomic mass is 19.4. The number of aromatic nitrogens is 3. The molecule has 2 aromatic heterocycles. The van der Waals surface area contributed by atoms with E-state index in [1.807, 2.05) is 17.9 Å². The summed E-state index contributed by atoms with van der Waals surface area (Å²) in [5, 5.41) is 11.1. The largest absolute Gasteiger partial charge is 0.573 e. The Hall–Kier alpha value is -4.91. The van der Waals surface area contributed by atoms with E-state index in [1.54, 1.807) is 62.0 Å². The maximum absolute atomic E-state index is 13.1. The van der Waals surface area contributed by atoms with Gasteiger partial charge in [0.2, 0.25) is 0 Å². The number of hydrogen-bond donors (Lipinski definition) is 1. The Labute approximate surface area is 252 Å². The number of carbonyl (C=O) groups excluding carboxylic acids is 1. The molecule has 0 bridgehead atoms. The second-order valence-corrected chi connectivity index (χ2v) is 9.98. The van der Waals surface area contributed by atoms with Crippen LogP contribution in [-0.4, -0.2) is 72.2 Å². The number of nitrogens with one attached hydrogen (secondary N) is 1. The third kappa shape index (κ3) is 8.13. The lowest BCUT2D eigenvalue weighted by atomic mass is 10.0. The highest BCUT2D eigenvalue weighted by molar-refractivity contribution is 6.02. The van der Waals surface area contributed by atoms with E-state index in [4.69, 9.17) is 9.47 Å². The van der Waals surface area contributed by atoms with Gasteiger partial charge in [-0.15, -0.1) is 23.4 Å². The molecule has 4 aromatic rings. The zero-order valence-corrected chi connectivity index (χ0v) is 24.2. The molecular formula is C31H31F3N6O4. The molecule has 1 N–H and O–H groups in total. The van der Waals surface area contributed by atoms with E-state index in [-0.39, 0.29) is 17.4 Å². The van der Waals surface area contributed by atoms with E-state index in [9.17, 15) is 18.0 Å². The predicted octanol–water partition coefficient (Wildman–Crippen LogP) is 5.42. The van der Waals surface area contributed by atoms with Gasteiger partial charge in [0.1, 0.15) is 17.2 Å². The monoisotopic (exact) mass is 608 g/mol. The number of carbonyl (C=O) groups is 1. The maximum Gasteiger partial charge on any atom is 0.573 e. The minimum absolute atomic E-state index is 0.182. The average Bonchev–Trinajstić information content (AvgIpc) is 3.01. The van der Waals surface area contributed by atoms with Crippen LogP contribution in [0.15, 0.2) is 73.1 Å². The lowest BCUT2D eigenvalue weighted by Crippen LogP contribution is -2.46. The van der Waals surface area contributed by atoms with Gasteiger partial charge in [0.05, 0.1) is 19.9 Å². The van der Waals surface area contributed by atoms with Crippen molar-refractivity contribution in [2.24, 2.45) is 0 Å². The number of ether oxygens (including phenoxy) is 3. The Kier molecular flexibility index (Phi) is 9.44. The number of alkyl halides is 3. The molecule has 0 aliphatic carbocycles. The van der Waals surface area contributed by atoms with Gasteiger partial charge in [0, 0.05) is 50.2 Å². The third-order valence-electron chi connectivity index (χ3n) is 6.89. The fourth-order valence-electron chi connectivity index (χ4n) is 4.81. The highest BCUT2D eigenvalue weighted by Gasteiger charge is 2.31. The lowest BCUT2D eigenvalue weighted by Gasteiger charge is -2.35.